The fourth-order valence-electron chi connectivity index (χ4n) is 2.03. The molecule has 0 radical (unpaired) electrons. The van der Waals surface area contributed by atoms with Crippen LogP contribution in [0.2, 0.25) is 0 Å². The van der Waals surface area contributed by atoms with Crippen LogP contribution in [-0.4, -0.2) is 17.1 Å². The van der Waals surface area contributed by atoms with Crippen molar-refractivity contribution in [3.63, 3.8) is 0 Å². The predicted molar refractivity (Wildman–Crippen MR) is 57.3 cm³/mol. The average Bonchev–Trinajstić information content (AvgIpc) is 2.60. The van der Waals surface area contributed by atoms with Crippen molar-refractivity contribution in [2.75, 3.05) is 0 Å². The largest absolute Gasteiger partial charge is 0.384 e. The molecule has 2 N–H and O–H groups in total. The lowest BCUT2D eigenvalue weighted by molar-refractivity contribution is -0.129. The Morgan fingerprint density at radius 1 is 1.62 bits per heavy atom. The van der Waals surface area contributed by atoms with Crippen molar-refractivity contribution in [3.05, 3.63) is 35.1 Å². The Labute approximate surface area is 93.3 Å². The third-order valence-corrected chi connectivity index (χ3v) is 2.88. The van der Waals surface area contributed by atoms with E-state index in [1.54, 1.807) is 6.07 Å². The minimum Gasteiger partial charge on any atom is -0.384 e. The van der Waals surface area contributed by atoms with E-state index in [1.807, 2.05) is 0 Å². The van der Waals surface area contributed by atoms with Crippen molar-refractivity contribution in [3.8, 4) is 0 Å². The molecule has 0 heterocycles. The van der Waals surface area contributed by atoms with E-state index in [-0.39, 0.29) is 17.8 Å². The fourth-order valence-corrected chi connectivity index (χ4v) is 2.03. The lowest BCUT2D eigenvalue weighted by Gasteiger charge is -2.15. The second-order valence-electron chi connectivity index (χ2n) is 4.12. The summed E-state index contributed by atoms with van der Waals surface area (Å²) in [6.45, 7) is 1.43. The molecule has 3 nitrogen and oxygen atoms in total. The minimum absolute atomic E-state index is 0.0994. The summed E-state index contributed by atoms with van der Waals surface area (Å²) in [5, 5.41) is 11.8. The number of benzene rings is 1. The molecule has 2 unspecified atom stereocenters. The summed E-state index contributed by atoms with van der Waals surface area (Å²) in [5.74, 6) is -0.636. The lowest BCUT2D eigenvalue weighted by atomic mass is 10.1. The van der Waals surface area contributed by atoms with E-state index in [0.717, 1.165) is 24.0 Å². The van der Waals surface area contributed by atoms with Gasteiger partial charge >= 0.3 is 0 Å². The summed E-state index contributed by atoms with van der Waals surface area (Å²) in [7, 11) is 0. The first-order chi connectivity index (χ1) is 7.58. The van der Waals surface area contributed by atoms with Crippen LogP contribution in [0.4, 0.5) is 4.39 Å². The summed E-state index contributed by atoms with van der Waals surface area (Å²) in [6, 6.07) is 4.50. The van der Waals surface area contributed by atoms with E-state index in [4.69, 9.17) is 5.11 Å². The number of nitrogens with one attached hydrogen (secondary N) is 1. The summed E-state index contributed by atoms with van der Waals surface area (Å²) >= 11 is 0. The van der Waals surface area contributed by atoms with Crippen molar-refractivity contribution in [1.82, 2.24) is 5.32 Å². The Morgan fingerprint density at radius 2 is 2.38 bits per heavy atom. The molecular weight excluding hydrogens is 209 g/mol. The highest BCUT2D eigenvalue weighted by Crippen LogP contribution is 2.31. The first-order valence-corrected chi connectivity index (χ1v) is 5.34. The summed E-state index contributed by atoms with van der Waals surface area (Å²) in [6.07, 6.45) is 0.513. The highest BCUT2D eigenvalue weighted by atomic mass is 19.1. The summed E-state index contributed by atoms with van der Waals surface area (Å²) in [5.41, 5.74) is 1.89. The van der Waals surface area contributed by atoms with Gasteiger partial charge in [-0.25, -0.2) is 4.39 Å². The van der Waals surface area contributed by atoms with Gasteiger partial charge in [0.1, 0.15) is 11.9 Å². The molecule has 1 amide bonds. The van der Waals surface area contributed by atoms with Crippen molar-refractivity contribution >= 4 is 5.91 Å². The second-order valence-corrected chi connectivity index (χ2v) is 4.12. The molecule has 1 aromatic carbocycles. The number of carbonyl (C=O) groups excluding carboxylic acids is 1. The van der Waals surface area contributed by atoms with Gasteiger partial charge in [0.2, 0.25) is 5.91 Å². The first-order valence-electron chi connectivity index (χ1n) is 5.34. The number of hydrogen-bond acceptors (Lipinski definition) is 2. The van der Waals surface area contributed by atoms with Gasteiger partial charge in [0, 0.05) is 0 Å². The van der Waals surface area contributed by atoms with Crippen molar-refractivity contribution < 1.29 is 14.3 Å². The Balaban J connectivity index is 2.15. The Morgan fingerprint density at radius 3 is 3.06 bits per heavy atom. The van der Waals surface area contributed by atoms with Gasteiger partial charge in [-0.15, -0.1) is 0 Å². The molecule has 4 heteroatoms. The zero-order valence-electron chi connectivity index (χ0n) is 9.03. The van der Waals surface area contributed by atoms with Crippen LogP contribution in [0.3, 0.4) is 0 Å². The molecule has 16 heavy (non-hydrogen) atoms. The molecule has 0 aromatic heterocycles. The van der Waals surface area contributed by atoms with Gasteiger partial charge in [-0.3, -0.25) is 4.79 Å². The topological polar surface area (TPSA) is 49.3 Å². The van der Waals surface area contributed by atoms with Gasteiger partial charge in [-0.2, -0.15) is 0 Å². The van der Waals surface area contributed by atoms with Gasteiger partial charge in [0.15, 0.2) is 0 Å². The smallest absolute Gasteiger partial charge is 0.249 e. The highest BCUT2D eigenvalue weighted by molar-refractivity contribution is 5.80. The fraction of sp³-hybridized carbons (Fsp3) is 0.417. The van der Waals surface area contributed by atoms with Crippen LogP contribution in [0.25, 0.3) is 0 Å². The molecule has 0 saturated heterocycles. The quantitative estimate of drug-likeness (QED) is 0.794. The molecule has 0 bridgehead atoms. The Kier molecular flexibility index (Phi) is 2.92. The predicted octanol–water partition coefficient (Wildman–Crippen LogP) is 1.31. The van der Waals surface area contributed by atoms with E-state index in [9.17, 15) is 9.18 Å². The Bertz CT molecular complexity index is 417. The average molecular weight is 223 g/mol. The molecule has 2 rings (SSSR count). The molecule has 86 valence electrons. The number of aliphatic hydroxyl groups excluding tert-OH is 1. The monoisotopic (exact) mass is 223 g/mol. The number of rotatable bonds is 2. The van der Waals surface area contributed by atoms with E-state index in [0.29, 0.717) is 0 Å². The van der Waals surface area contributed by atoms with Crippen LogP contribution < -0.4 is 5.32 Å². The van der Waals surface area contributed by atoms with Gasteiger partial charge in [0.05, 0.1) is 6.04 Å². The molecule has 0 spiro atoms. The molecule has 1 aliphatic rings. The molecule has 1 aliphatic carbocycles. The lowest BCUT2D eigenvalue weighted by Crippen LogP contribution is -2.34. The van der Waals surface area contributed by atoms with Crippen LogP contribution in [0.15, 0.2) is 18.2 Å². The number of aliphatic hydroxyl groups is 1. The van der Waals surface area contributed by atoms with Gasteiger partial charge < -0.3 is 10.4 Å². The number of aryl methyl sites for hydroxylation is 1. The number of hydrogen-bond donors (Lipinski definition) is 2. The number of carbonyl (C=O) groups is 1. The summed E-state index contributed by atoms with van der Waals surface area (Å²) in [4.78, 5) is 11.3. The van der Waals surface area contributed by atoms with E-state index in [2.05, 4.69) is 5.32 Å². The van der Waals surface area contributed by atoms with E-state index < -0.39 is 6.10 Å². The van der Waals surface area contributed by atoms with Gasteiger partial charge in [0.25, 0.3) is 0 Å². The van der Waals surface area contributed by atoms with Crippen LogP contribution in [0.5, 0.6) is 0 Å². The van der Waals surface area contributed by atoms with Gasteiger partial charge in [-0.1, -0.05) is 6.07 Å². The van der Waals surface area contributed by atoms with Crippen molar-refractivity contribution in [1.29, 1.82) is 0 Å². The van der Waals surface area contributed by atoms with E-state index >= 15 is 0 Å². The third kappa shape index (κ3) is 2.07. The van der Waals surface area contributed by atoms with Crippen LogP contribution in [0, 0.1) is 5.82 Å². The molecular formula is C12H14FNO2. The molecule has 0 saturated carbocycles. The molecule has 0 aliphatic heterocycles. The van der Waals surface area contributed by atoms with Crippen LogP contribution in [-0.2, 0) is 11.2 Å². The Hall–Kier alpha value is -1.42. The number of fused-ring (bicyclic) bond motifs is 1. The zero-order chi connectivity index (χ0) is 11.7. The maximum Gasteiger partial charge on any atom is 0.249 e. The maximum absolute atomic E-state index is 13.0. The first kappa shape index (κ1) is 11.1. The maximum atomic E-state index is 13.0. The second kappa shape index (κ2) is 4.22. The van der Waals surface area contributed by atoms with Crippen LogP contribution >= 0.6 is 0 Å². The number of halogens is 1. The number of amides is 1. The molecule has 2 atom stereocenters. The van der Waals surface area contributed by atoms with Crippen molar-refractivity contribution in [2.45, 2.75) is 31.9 Å². The molecule has 0 fully saturated rings. The standard InChI is InChI=1S/C12H14FNO2/c1-7(15)12(16)14-11-5-2-8-6-9(13)3-4-10(8)11/h3-4,6-7,11,15H,2,5H2,1H3,(H,14,16). The van der Waals surface area contributed by atoms with E-state index in [1.165, 1.54) is 19.1 Å². The SMILES string of the molecule is CC(O)C(=O)NC1CCc2cc(F)ccc21. The zero-order valence-corrected chi connectivity index (χ0v) is 9.03. The molecule has 1 aromatic rings. The minimum atomic E-state index is -1.01. The van der Waals surface area contributed by atoms with Crippen molar-refractivity contribution in [2.24, 2.45) is 0 Å². The van der Waals surface area contributed by atoms with Crippen LogP contribution in [0.1, 0.15) is 30.5 Å². The normalized spacial score (nSPS) is 20.3. The third-order valence-electron chi connectivity index (χ3n) is 2.88. The highest BCUT2D eigenvalue weighted by Gasteiger charge is 2.25. The van der Waals surface area contributed by atoms with Gasteiger partial charge in [-0.05, 0) is 43.0 Å². The summed E-state index contributed by atoms with van der Waals surface area (Å²) < 4.78 is 13.0.